The molecule has 0 aliphatic carbocycles. The summed E-state index contributed by atoms with van der Waals surface area (Å²) in [5, 5.41) is 7.00. The molecular formula is CH6CoO2. The first-order chi connectivity index (χ1) is 1.00. The molecule has 0 heterocycles. The van der Waals surface area contributed by atoms with Crippen molar-refractivity contribution in [1.29, 1.82) is 0 Å². The van der Waals surface area contributed by atoms with E-state index in [2.05, 4.69) is 0 Å². The van der Waals surface area contributed by atoms with Crippen LogP contribution in [0.5, 0.6) is 0 Å². The van der Waals surface area contributed by atoms with Gasteiger partial charge in [0.05, 0.1) is 0 Å². The third-order valence-electron chi connectivity index (χ3n) is 0. The van der Waals surface area contributed by atoms with Crippen LogP contribution in [0, 0.1) is 0 Å². The minimum Gasteiger partial charge on any atom is -0.412 e. The van der Waals surface area contributed by atoms with E-state index in [1.54, 1.807) is 0 Å². The minimum atomic E-state index is 0. The molecule has 4 heavy (non-hydrogen) atoms. The van der Waals surface area contributed by atoms with Crippen molar-refractivity contribution < 1.29 is 27.4 Å². The molecule has 0 bridgehead atoms. The molecule has 0 unspecified atom stereocenters. The fraction of sp³-hybridized carbons (Fsp3) is 1.00. The molecule has 1 radical (unpaired) electrons. The van der Waals surface area contributed by atoms with Gasteiger partial charge in [0.1, 0.15) is 0 Å². The van der Waals surface area contributed by atoms with E-state index in [-0.39, 0.29) is 22.3 Å². The van der Waals surface area contributed by atoms with E-state index in [9.17, 15) is 0 Å². The number of aliphatic hydroxyl groups is 1. The smallest absolute Gasteiger partial charge is 0.0319 e. The van der Waals surface area contributed by atoms with Crippen LogP contribution >= 0.6 is 0 Å². The Morgan fingerprint density at radius 1 is 1.25 bits per heavy atom. The second-order valence-corrected chi connectivity index (χ2v) is 0. The second-order valence-electron chi connectivity index (χ2n) is 0. The zero-order valence-electron chi connectivity index (χ0n) is 2.28. The molecule has 0 aromatic carbocycles. The van der Waals surface area contributed by atoms with Crippen LogP contribution in [0.3, 0.4) is 0 Å². The maximum absolute atomic E-state index is 7.00. The van der Waals surface area contributed by atoms with Crippen molar-refractivity contribution in [3.63, 3.8) is 0 Å². The van der Waals surface area contributed by atoms with Crippen molar-refractivity contribution >= 4 is 0 Å². The van der Waals surface area contributed by atoms with Crippen LogP contribution in [0.4, 0.5) is 0 Å². The Morgan fingerprint density at radius 2 is 1.25 bits per heavy atom. The van der Waals surface area contributed by atoms with Gasteiger partial charge >= 0.3 is 0 Å². The van der Waals surface area contributed by atoms with Crippen molar-refractivity contribution in [3.8, 4) is 0 Å². The Morgan fingerprint density at radius 3 is 1.25 bits per heavy atom. The normalized spacial score (nSPS) is 1.50. The number of rotatable bonds is 0. The van der Waals surface area contributed by atoms with E-state index >= 15 is 0 Å². The van der Waals surface area contributed by atoms with E-state index in [0.717, 1.165) is 7.11 Å². The summed E-state index contributed by atoms with van der Waals surface area (Å²) in [4.78, 5) is 0. The van der Waals surface area contributed by atoms with Crippen molar-refractivity contribution in [2.45, 2.75) is 0 Å². The fourth-order valence-electron chi connectivity index (χ4n) is 0. The van der Waals surface area contributed by atoms with Crippen LogP contribution in [-0.2, 0) is 16.8 Å². The topological polar surface area (TPSA) is 51.7 Å². The summed E-state index contributed by atoms with van der Waals surface area (Å²) in [6, 6.07) is 0. The molecule has 0 aromatic heterocycles. The summed E-state index contributed by atoms with van der Waals surface area (Å²) < 4.78 is 0. The molecule has 0 aliphatic heterocycles. The van der Waals surface area contributed by atoms with Crippen molar-refractivity contribution in [2.75, 3.05) is 7.11 Å². The summed E-state index contributed by atoms with van der Waals surface area (Å²) >= 11 is 0. The Hall–Kier alpha value is 0.426. The molecule has 0 aromatic rings. The SMILES string of the molecule is CO.O.[Co]. The van der Waals surface area contributed by atoms with E-state index in [0.29, 0.717) is 0 Å². The maximum Gasteiger partial charge on any atom is 0.0319 e. The number of aliphatic hydroxyl groups excluding tert-OH is 1. The molecule has 0 atom stereocenters. The molecule has 3 N–H and O–H groups in total. The van der Waals surface area contributed by atoms with Gasteiger partial charge in [0.15, 0.2) is 0 Å². The average Bonchev–Trinajstić information content (AvgIpc) is 1.00. The Labute approximate surface area is 35.3 Å². The Bertz CT molecular complexity index is 6.00. The van der Waals surface area contributed by atoms with Gasteiger partial charge in [0.25, 0.3) is 0 Å². The zero-order chi connectivity index (χ0) is 2.00. The van der Waals surface area contributed by atoms with Crippen molar-refractivity contribution in [1.82, 2.24) is 0 Å². The zero-order valence-corrected chi connectivity index (χ0v) is 3.32. The van der Waals surface area contributed by atoms with Crippen molar-refractivity contribution in [2.24, 2.45) is 0 Å². The first-order valence-electron chi connectivity index (χ1n) is 0.447. The summed E-state index contributed by atoms with van der Waals surface area (Å²) in [6.07, 6.45) is 0. The van der Waals surface area contributed by atoms with Gasteiger partial charge in [0.2, 0.25) is 0 Å². The fourth-order valence-corrected chi connectivity index (χ4v) is 0. The molecule has 0 saturated heterocycles. The largest absolute Gasteiger partial charge is 0.412 e. The molecule has 0 spiro atoms. The van der Waals surface area contributed by atoms with Crippen LogP contribution in [0.2, 0.25) is 0 Å². The predicted molar refractivity (Wildman–Crippen MR) is 11.8 cm³/mol. The van der Waals surface area contributed by atoms with E-state index in [1.807, 2.05) is 0 Å². The molecule has 3 heteroatoms. The molecule has 0 amide bonds. The Balaban J connectivity index is -0.00000000500. The monoisotopic (exact) mass is 109 g/mol. The third kappa shape index (κ3) is 27.1. The molecule has 0 fully saturated rings. The van der Waals surface area contributed by atoms with E-state index in [4.69, 9.17) is 5.11 Å². The summed E-state index contributed by atoms with van der Waals surface area (Å²) in [7, 11) is 1.00. The van der Waals surface area contributed by atoms with Gasteiger partial charge in [-0.2, -0.15) is 0 Å². The molecule has 0 rings (SSSR count). The van der Waals surface area contributed by atoms with Gasteiger partial charge in [-0.1, -0.05) is 0 Å². The molecule has 0 saturated carbocycles. The van der Waals surface area contributed by atoms with Crippen LogP contribution in [0.1, 0.15) is 0 Å². The van der Waals surface area contributed by atoms with Gasteiger partial charge in [-0.3, -0.25) is 0 Å². The number of hydrogen-bond donors (Lipinski definition) is 1. The maximum atomic E-state index is 7.00. The minimum absolute atomic E-state index is 0. The quantitative estimate of drug-likeness (QED) is 0.416. The third-order valence-corrected chi connectivity index (χ3v) is 0. The summed E-state index contributed by atoms with van der Waals surface area (Å²) in [5.74, 6) is 0. The first-order valence-corrected chi connectivity index (χ1v) is 0.447. The molecule has 2 nitrogen and oxygen atoms in total. The van der Waals surface area contributed by atoms with Gasteiger partial charge in [-0.05, 0) is 0 Å². The van der Waals surface area contributed by atoms with E-state index in [1.165, 1.54) is 0 Å². The number of hydrogen-bond acceptors (Lipinski definition) is 1. The predicted octanol–water partition coefficient (Wildman–Crippen LogP) is -1.22. The van der Waals surface area contributed by atoms with Crippen LogP contribution < -0.4 is 0 Å². The average molecular weight is 109 g/mol. The standard InChI is InChI=1S/CH4O.Co.H2O/c1-2;;/h2H,1H3;;1H2. The Kier molecular flexibility index (Phi) is 708. The summed E-state index contributed by atoms with van der Waals surface area (Å²) in [6.45, 7) is 0. The molecule has 31 valence electrons. The second kappa shape index (κ2) is 111. The summed E-state index contributed by atoms with van der Waals surface area (Å²) in [5.41, 5.74) is 0. The van der Waals surface area contributed by atoms with Gasteiger partial charge in [-0.25, -0.2) is 0 Å². The molecule has 0 aliphatic rings. The van der Waals surface area contributed by atoms with E-state index < -0.39 is 0 Å². The van der Waals surface area contributed by atoms with Gasteiger partial charge < -0.3 is 10.6 Å². The van der Waals surface area contributed by atoms with Crippen LogP contribution in [0.25, 0.3) is 0 Å². The van der Waals surface area contributed by atoms with Gasteiger partial charge in [0, 0.05) is 23.9 Å². The van der Waals surface area contributed by atoms with Crippen LogP contribution in [0.15, 0.2) is 0 Å². The van der Waals surface area contributed by atoms with Crippen molar-refractivity contribution in [3.05, 3.63) is 0 Å². The van der Waals surface area contributed by atoms with Gasteiger partial charge in [-0.15, -0.1) is 0 Å². The molecular weight excluding hydrogens is 103 g/mol. The first kappa shape index (κ1) is 25.5. The van der Waals surface area contributed by atoms with Crippen LogP contribution in [-0.4, -0.2) is 17.7 Å².